The highest BCUT2D eigenvalue weighted by molar-refractivity contribution is 9.10. The van der Waals surface area contributed by atoms with Crippen molar-refractivity contribution in [1.29, 1.82) is 0 Å². The molecule has 8 heteroatoms. The Hall–Kier alpha value is -1.90. The van der Waals surface area contributed by atoms with Gasteiger partial charge in [0.2, 0.25) is 15.9 Å². The highest BCUT2D eigenvalue weighted by Crippen LogP contribution is 2.23. The van der Waals surface area contributed by atoms with Crippen LogP contribution in [0.3, 0.4) is 0 Å². The van der Waals surface area contributed by atoms with Crippen molar-refractivity contribution in [1.82, 2.24) is 9.62 Å². The Morgan fingerprint density at radius 3 is 2.37 bits per heavy atom. The molecule has 1 amide bonds. The van der Waals surface area contributed by atoms with E-state index in [0.717, 1.165) is 21.3 Å². The number of nitrogens with zero attached hydrogens (tertiary/aromatic N) is 2. The fourth-order valence-corrected chi connectivity index (χ4v) is 5.57. The summed E-state index contributed by atoms with van der Waals surface area (Å²) >= 11 is 3.38. The summed E-state index contributed by atoms with van der Waals surface area (Å²) in [4.78, 5) is 14.6. The van der Waals surface area contributed by atoms with Crippen molar-refractivity contribution in [2.75, 3.05) is 32.1 Å². The molecule has 2 aromatic carbocycles. The Morgan fingerprint density at radius 2 is 1.77 bits per heavy atom. The van der Waals surface area contributed by atoms with Crippen LogP contribution in [0.25, 0.3) is 0 Å². The Morgan fingerprint density at radius 1 is 1.10 bits per heavy atom. The van der Waals surface area contributed by atoms with Gasteiger partial charge in [-0.05, 0) is 48.2 Å². The van der Waals surface area contributed by atoms with Crippen molar-refractivity contribution >= 4 is 37.5 Å². The lowest BCUT2D eigenvalue weighted by Gasteiger charge is -2.30. The monoisotopic (exact) mass is 493 g/mol. The molecule has 2 aromatic rings. The lowest BCUT2D eigenvalue weighted by molar-refractivity contribution is -0.126. The molecular weight excluding hydrogens is 466 g/mol. The summed E-state index contributed by atoms with van der Waals surface area (Å²) in [5.41, 5.74) is 2.91. The zero-order valence-electron chi connectivity index (χ0n) is 17.3. The van der Waals surface area contributed by atoms with Crippen LogP contribution in [0.15, 0.2) is 53.0 Å². The van der Waals surface area contributed by atoms with Gasteiger partial charge in [0, 0.05) is 49.8 Å². The average Bonchev–Trinajstić information content (AvgIpc) is 2.72. The minimum absolute atomic E-state index is 0.00396. The maximum atomic E-state index is 12.7. The topological polar surface area (TPSA) is 69.7 Å². The molecule has 1 aliphatic rings. The zero-order chi connectivity index (χ0) is 21.7. The van der Waals surface area contributed by atoms with Gasteiger partial charge in [-0.1, -0.05) is 40.2 Å². The summed E-state index contributed by atoms with van der Waals surface area (Å²) in [5, 5.41) is 2.99. The molecule has 0 spiro atoms. The average molecular weight is 494 g/mol. The third-order valence-electron chi connectivity index (χ3n) is 5.38. The maximum Gasteiger partial charge on any atom is 0.223 e. The fourth-order valence-electron chi connectivity index (χ4n) is 3.57. The fraction of sp³-hybridized carbons (Fsp3) is 0.409. The first-order valence-electron chi connectivity index (χ1n) is 10.0. The molecule has 1 saturated heterocycles. The van der Waals surface area contributed by atoms with Crippen LogP contribution in [0.2, 0.25) is 0 Å². The number of nitrogens with one attached hydrogen (secondary N) is 1. The molecule has 0 radical (unpaired) electrons. The first-order chi connectivity index (χ1) is 14.2. The highest BCUT2D eigenvalue weighted by Gasteiger charge is 2.31. The van der Waals surface area contributed by atoms with Gasteiger partial charge in [-0.15, -0.1) is 0 Å². The minimum Gasteiger partial charge on any atom is -0.378 e. The number of carbonyl (C=O) groups excluding carboxylic acids is 1. The van der Waals surface area contributed by atoms with Gasteiger partial charge in [0.1, 0.15) is 0 Å². The van der Waals surface area contributed by atoms with E-state index in [2.05, 4.69) is 21.2 Å². The second kappa shape index (κ2) is 9.94. The maximum absolute atomic E-state index is 12.7. The third kappa shape index (κ3) is 6.06. The number of hydrogen-bond donors (Lipinski definition) is 1. The van der Waals surface area contributed by atoms with Crippen LogP contribution in [0.5, 0.6) is 0 Å². The molecule has 0 bridgehead atoms. The number of anilines is 1. The number of halogens is 1. The first-order valence-corrected chi connectivity index (χ1v) is 12.4. The van der Waals surface area contributed by atoms with Gasteiger partial charge in [-0.3, -0.25) is 4.79 Å². The molecule has 0 unspecified atom stereocenters. The number of benzene rings is 2. The molecule has 3 rings (SSSR count). The molecule has 162 valence electrons. The van der Waals surface area contributed by atoms with Gasteiger partial charge >= 0.3 is 0 Å². The van der Waals surface area contributed by atoms with Crippen molar-refractivity contribution in [3.63, 3.8) is 0 Å². The molecule has 0 aromatic heterocycles. The van der Waals surface area contributed by atoms with Crippen LogP contribution in [0.1, 0.15) is 24.0 Å². The van der Waals surface area contributed by atoms with Gasteiger partial charge in [0.25, 0.3) is 0 Å². The molecule has 0 atom stereocenters. The number of sulfonamides is 1. The minimum atomic E-state index is -3.39. The SMILES string of the molecule is CN(C)c1ccc(CNC(=O)C2CCN(S(=O)(=O)Cc3cccc(Br)c3)CC2)cc1. The Kier molecular flexibility index (Phi) is 7.55. The molecule has 0 aliphatic carbocycles. The zero-order valence-corrected chi connectivity index (χ0v) is 19.7. The number of amides is 1. The van der Waals surface area contributed by atoms with E-state index in [9.17, 15) is 13.2 Å². The summed E-state index contributed by atoms with van der Waals surface area (Å²) < 4.78 is 27.8. The van der Waals surface area contributed by atoms with Gasteiger partial charge in [-0.2, -0.15) is 0 Å². The van der Waals surface area contributed by atoms with Crippen LogP contribution >= 0.6 is 15.9 Å². The van der Waals surface area contributed by atoms with E-state index in [0.29, 0.717) is 32.5 Å². The molecule has 1 fully saturated rings. The summed E-state index contributed by atoms with van der Waals surface area (Å²) in [6.45, 7) is 1.24. The highest BCUT2D eigenvalue weighted by atomic mass is 79.9. The quantitative estimate of drug-likeness (QED) is 0.641. The largest absolute Gasteiger partial charge is 0.378 e. The van der Waals surface area contributed by atoms with Crippen LogP contribution in [-0.4, -0.2) is 45.8 Å². The number of rotatable bonds is 7. The molecular formula is C22H28BrN3O3S. The lowest BCUT2D eigenvalue weighted by atomic mass is 9.97. The van der Waals surface area contributed by atoms with Crippen LogP contribution in [-0.2, 0) is 27.1 Å². The summed E-state index contributed by atoms with van der Waals surface area (Å²) in [6, 6.07) is 15.4. The second-order valence-corrected chi connectivity index (χ2v) is 10.7. The third-order valence-corrected chi connectivity index (χ3v) is 7.72. The summed E-state index contributed by atoms with van der Waals surface area (Å²) in [5.74, 6) is -0.175. The molecule has 6 nitrogen and oxygen atoms in total. The van der Waals surface area contributed by atoms with E-state index >= 15 is 0 Å². The van der Waals surface area contributed by atoms with E-state index < -0.39 is 10.0 Å². The lowest BCUT2D eigenvalue weighted by Crippen LogP contribution is -2.43. The van der Waals surface area contributed by atoms with Crippen molar-refractivity contribution in [2.24, 2.45) is 5.92 Å². The van der Waals surface area contributed by atoms with Crippen molar-refractivity contribution in [3.05, 3.63) is 64.1 Å². The van der Waals surface area contributed by atoms with E-state index in [1.54, 1.807) is 0 Å². The summed E-state index contributed by atoms with van der Waals surface area (Å²) in [7, 11) is 0.585. The normalized spacial score (nSPS) is 15.7. The second-order valence-electron chi connectivity index (χ2n) is 7.84. The van der Waals surface area contributed by atoms with Gasteiger partial charge in [0.05, 0.1) is 5.75 Å². The van der Waals surface area contributed by atoms with Crippen molar-refractivity contribution in [3.8, 4) is 0 Å². The van der Waals surface area contributed by atoms with Crippen molar-refractivity contribution < 1.29 is 13.2 Å². The standard InChI is InChI=1S/C22H28BrN3O3S/c1-25(2)21-8-6-17(7-9-21)15-24-22(27)19-10-12-26(13-11-19)30(28,29)16-18-4-3-5-20(23)14-18/h3-9,14,19H,10-13,15-16H2,1-2H3,(H,24,27). The summed E-state index contributed by atoms with van der Waals surface area (Å²) in [6.07, 6.45) is 1.09. The predicted molar refractivity (Wildman–Crippen MR) is 124 cm³/mol. The smallest absolute Gasteiger partial charge is 0.223 e. The number of carbonyl (C=O) groups is 1. The first kappa shape index (κ1) is 22.8. The predicted octanol–water partition coefficient (Wildman–Crippen LogP) is 3.37. The van der Waals surface area contributed by atoms with Gasteiger partial charge < -0.3 is 10.2 Å². The molecule has 1 heterocycles. The van der Waals surface area contributed by atoms with Crippen LogP contribution < -0.4 is 10.2 Å². The van der Waals surface area contributed by atoms with E-state index in [-0.39, 0.29) is 17.6 Å². The van der Waals surface area contributed by atoms with E-state index in [4.69, 9.17) is 0 Å². The van der Waals surface area contributed by atoms with E-state index in [1.165, 1.54) is 4.31 Å². The Labute approximate surface area is 187 Å². The van der Waals surface area contributed by atoms with Crippen LogP contribution in [0.4, 0.5) is 5.69 Å². The van der Waals surface area contributed by atoms with Crippen LogP contribution in [0, 0.1) is 5.92 Å². The van der Waals surface area contributed by atoms with Gasteiger partial charge in [0.15, 0.2) is 0 Å². The molecule has 1 aliphatic heterocycles. The van der Waals surface area contributed by atoms with E-state index in [1.807, 2.05) is 67.5 Å². The van der Waals surface area contributed by atoms with Gasteiger partial charge in [-0.25, -0.2) is 12.7 Å². The molecule has 1 N–H and O–H groups in total. The number of hydrogen-bond acceptors (Lipinski definition) is 4. The molecule has 30 heavy (non-hydrogen) atoms. The Balaban J connectivity index is 1.48. The van der Waals surface area contributed by atoms with Crippen molar-refractivity contribution in [2.45, 2.75) is 25.1 Å². The number of piperidine rings is 1. The Bertz CT molecular complexity index is 969. The molecule has 0 saturated carbocycles.